The van der Waals surface area contributed by atoms with Gasteiger partial charge in [-0.3, -0.25) is 15.0 Å². The van der Waals surface area contributed by atoms with Crippen molar-refractivity contribution in [2.75, 3.05) is 24.5 Å². The van der Waals surface area contributed by atoms with Gasteiger partial charge in [0.1, 0.15) is 0 Å². The van der Waals surface area contributed by atoms with E-state index in [0.29, 0.717) is 25.2 Å². The molecule has 1 fully saturated rings. The molecule has 1 heterocycles. The smallest absolute Gasteiger partial charge is 0.475 e. The second-order valence-electron chi connectivity index (χ2n) is 6.75. The number of halogens is 3. The molecule has 0 saturated carbocycles. The lowest BCUT2D eigenvalue weighted by molar-refractivity contribution is -0.192. The summed E-state index contributed by atoms with van der Waals surface area (Å²) in [5.41, 5.74) is 6.65. The number of hydrogen-bond donors (Lipinski definition) is 4. The Morgan fingerprint density at radius 1 is 1.25 bits per heavy atom. The maximum absolute atomic E-state index is 12.4. The zero-order valence-electron chi connectivity index (χ0n) is 17.2. The van der Waals surface area contributed by atoms with Crippen molar-refractivity contribution in [3.63, 3.8) is 0 Å². The first-order chi connectivity index (χ1) is 14.8. The number of imide groups is 1. The zero-order chi connectivity index (χ0) is 24.5. The van der Waals surface area contributed by atoms with Crippen molar-refractivity contribution < 1.29 is 41.1 Å². The minimum Gasteiger partial charge on any atom is -0.475 e. The van der Waals surface area contributed by atoms with Gasteiger partial charge in [0.25, 0.3) is 0 Å². The Bertz CT molecular complexity index is 937. The van der Waals surface area contributed by atoms with Crippen molar-refractivity contribution in [3.05, 3.63) is 23.8 Å². The van der Waals surface area contributed by atoms with E-state index in [2.05, 4.69) is 10.0 Å². The molecular weight excluding hydrogens is 457 g/mol. The number of amides is 3. The van der Waals surface area contributed by atoms with Crippen molar-refractivity contribution >= 4 is 33.6 Å². The Balaban J connectivity index is 0.000000633. The molecule has 5 N–H and O–H groups in total. The average molecular weight is 482 g/mol. The van der Waals surface area contributed by atoms with Crippen LogP contribution < -0.4 is 20.7 Å². The highest BCUT2D eigenvalue weighted by Gasteiger charge is 2.38. The molecule has 1 saturated heterocycles. The van der Waals surface area contributed by atoms with E-state index in [0.717, 1.165) is 18.4 Å². The predicted molar refractivity (Wildman–Crippen MR) is 108 cm³/mol. The molecule has 0 aliphatic carbocycles. The lowest BCUT2D eigenvalue weighted by Crippen LogP contribution is -2.49. The van der Waals surface area contributed by atoms with E-state index >= 15 is 0 Å². The zero-order valence-corrected chi connectivity index (χ0v) is 18.1. The van der Waals surface area contributed by atoms with Gasteiger partial charge in [-0.15, -0.1) is 0 Å². The summed E-state index contributed by atoms with van der Waals surface area (Å²) in [4.78, 5) is 33.7. The van der Waals surface area contributed by atoms with Gasteiger partial charge in [0.2, 0.25) is 15.9 Å². The highest BCUT2D eigenvalue weighted by atomic mass is 32.2. The number of benzene rings is 1. The number of hydrogen-bond acceptors (Lipinski definition) is 6. The first-order valence-electron chi connectivity index (χ1n) is 9.51. The minimum atomic E-state index is -5.08. The van der Waals surface area contributed by atoms with Crippen molar-refractivity contribution in [3.8, 4) is 0 Å². The van der Waals surface area contributed by atoms with Crippen LogP contribution in [-0.4, -0.2) is 57.2 Å². The molecule has 1 aliphatic heterocycles. The van der Waals surface area contributed by atoms with Crippen LogP contribution in [0.15, 0.2) is 23.1 Å². The third-order valence-corrected chi connectivity index (χ3v) is 5.71. The van der Waals surface area contributed by atoms with Gasteiger partial charge in [-0.2, -0.15) is 13.2 Å². The summed E-state index contributed by atoms with van der Waals surface area (Å²) in [6.07, 6.45) is -2.47. The van der Waals surface area contributed by atoms with Gasteiger partial charge in [-0.05, 0) is 44.0 Å². The van der Waals surface area contributed by atoms with Gasteiger partial charge < -0.3 is 10.8 Å². The maximum Gasteiger partial charge on any atom is 0.490 e. The number of nitrogens with one attached hydrogen (secondary N) is 2. The van der Waals surface area contributed by atoms with Crippen molar-refractivity contribution in [1.29, 1.82) is 0 Å². The Morgan fingerprint density at radius 3 is 2.41 bits per heavy atom. The molecule has 1 aliphatic rings. The molecule has 10 nitrogen and oxygen atoms in total. The van der Waals surface area contributed by atoms with Gasteiger partial charge in [0.05, 0.1) is 4.90 Å². The van der Waals surface area contributed by atoms with Gasteiger partial charge in [-0.1, -0.05) is 12.5 Å². The van der Waals surface area contributed by atoms with Crippen LogP contribution in [0.3, 0.4) is 0 Å². The number of unbranched alkanes of at least 4 members (excludes halogenated alkanes) is 2. The molecule has 0 atom stereocenters. The van der Waals surface area contributed by atoms with E-state index in [-0.39, 0.29) is 23.8 Å². The standard InChI is InChI=1S/C16H24N4O4S.C2HF3O2/c1-12-5-6-13(25(23,24)18-9-4-2-3-8-17)11-14(12)20-10-7-15(21)19-16(20)22;3-2(4,5)1(6)7/h5-6,11,18H,2-4,7-10,17H2,1H3,(H,19,21,22);(H,6,7). The van der Waals surface area contributed by atoms with Crippen LogP contribution in [0, 0.1) is 6.92 Å². The second-order valence-corrected chi connectivity index (χ2v) is 8.52. The molecule has 14 heteroatoms. The third-order valence-electron chi connectivity index (χ3n) is 4.25. The first kappa shape index (κ1) is 27.3. The Morgan fingerprint density at radius 2 is 1.88 bits per heavy atom. The number of carboxylic acids is 1. The number of carbonyl (C=O) groups excluding carboxylic acids is 2. The van der Waals surface area contributed by atoms with Crippen LogP contribution in [0.4, 0.5) is 23.7 Å². The SMILES string of the molecule is Cc1ccc(S(=O)(=O)NCCCCCN)cc1N1CCC(=O)NC1=O.O=C(O)C(F)(F)F. The minimum absolute atomic E-state index is 0.0941. The second kappa shape index (κ2) is 11.8. The molecule has 0 bridgehead atoms. The number of urea groups is 1. The van der Waals surface area contributed by atoms with Gasteiger partial charge in [0.15, 0.2) is 0 Å². The van der Waals surface area contributed by atoms with Gasteiger partial charge in [-0.25, -0.2) is 22.7 Å². The Kier molecular flexibility index (Phi) is 10.1. The summed E-state index contributed by atoms with van der Waals surface area (Å²) >= 11 is 0. The van der Waals surface area contributed by atoms with E-state index in [1.54, 1.807) is 13.0 Å². The average Bonchev–Trinajstić information content (AvgIpc) is 2.68. The van der Waals surface area contributed by atoms with Crippen molar-refractivity contribution in [1.82, 2.24) is 10.0 Å². The summed E-state index contributed by atoms with van der Waals surface area (Å²) in [7, 11) is -3.66. The number of alkyl halides is 3. The molecule has 2 rings (SSSR count). The summed E-state index contributed by atoms with van der Waals surface area (Å²) in [5.74, 6) is -3.09. The van der Waals surface area contributed by atoms with Crippen molar-refractivity contribution in [2.24, 2.45) is 5.73 Å². The first-order valence-corrected chi connectivity index (χ1v) is 11.0. The molecule has 0 spiro atoms. The van der Waals surface area contributed by atoms with Crippen LogP contribution in [-0.2, 0) is 19.6 Å². The van der Waals surface area contributed by atoms with Crippen LogP contribution in [0.25, 0.3) is 0 Å². The molecule has 0 radical (unpaired) electrons. The number of anilines is 1. The van der Waals surface area contributed by atoms with Crippen LogP contribution in [0.2, 0.25) is 0 Å². The maximum atomic E-state index is 12.4. The number of nitrogens with zero attached hydrogens (tertiary/aromatic N) is 1. The largest absolute Gasteiger partial charge is 0.490 e. The lowest BCUT2D eigenvalue weighted by atomic mass is 10.1. The fourth-order valence-electron chi connectivity index (χ4n) is 2.58. The Labute approximate surface area is 183 Å². The van der Waals surface area contributed by atoms with E-state index < -0.39 is 28.2 Å². The number of carboxylic acid groups (broad SMARTS) is 1. The third kappa shape index (κ3) is 8.43. The number of aliphatic carboxylic acids is 1. The fourth-order valence-corrected chi connectivity index (χ4v) is 3.67. The molecule has 180 valence electrons. The molecule has 1 aromatic carbocycles. The number of aryl methyl sites for hydroxylation is 1. The van der Waals surface area contributed by atoms with Crippen molar-refractivity contribution in [2.45, 2.75) is 43.7 Å². The van der Waals surface area contributed by atoms with E-state index in [4.69, 9.17) is 15.6 Å². The fraction of sp³-hybridized carbons (Fsp3) is 0.500. The summed E-state index contributed by atoms with van der Waals surface area (Å²) in [6, 6.07) is 4.09. The highest BCUT2D eigenvalue weighted by Crippen LogP contribution is 2.25. The summed E-state index contributed by atoms with van der Waals surface area (Å²) in [5, 5.41) is 9.36. The normalized spacial score (nSPS) is 14.5. The number of rotatable bonds is 8. The predicted octanol–water partition coefficient (Wildman–Crippen LogP) is 1.48. The van der Waals surface area contributed by atoms with Gasteiger partial charge in [0, 0.05) is 25.2 Å². The molecule has 32 heavy (non-hydrogen) atoms. The topological polar surface area (TPSA) is 159 Å². The quantitative estimate of drug-likeness (QED) is 0.409. The lowest BCUT2D eigenvalue weighted by Gasteiger charge is -2.28. The van der Waals surface area contributed by atoms with Crippen LogP contribution in [0.1, 0.15) is 31.2 Å². The van der Waals surface area contributed by atoms with E-state index in [1.165, 1.54) is 17.0 Å². The van der Waals surface area contributed by atoms with Gasteiger partial charge >= 0.3 is 18.2 Å². The number of carbonyl (C=O) groups is 3. The summed E-state index contributed by atoms with van der Waals surface area (Å²) in [6.45, 7) is 2.94. The number of sulfonamides is 1. The molecular formula is C18H25F3N4O6S. The molecule has 0 unspecified atom stereocenters. The highest BCUT2D eigenvalue weighted by molar-refractivity contribution is 7.89. The summed E-state index contributed by atoms with van der Waals surface area (Å²) < 4.78 is 59.2. The number of nitrogens with two attached hydrogens (primary N) is 1. The monoisotopic (exact) mass is 482 g/mol. The van der Waals surface area contributed by atoms with E-state index in [1.807, 2.05) is 0 Å². The molecule has 0 aromatic heterocycles. The van der Waals surface area contributed by atoms with Crippen LogP contribution in [0.5, 0.6) is 0 Å². The Hall–Kier alpha value is -2.71. The molecule has 3 amide bonds. The van der Waals surface area contributed by atoms with E-state index in [9.17, 15) is 31.2 Å². The van der Waals surface area contributed by atoms with Crippen LogP contribution >= 0.6 is 0 Å². The molecule has 1 aromatic rings.